The molecule has 0 aromatic heterocycles. The Balaban J connectivity index is 2.21. The van der Waals surface area contributed by atoms with Crippen molar-refractivity contribution in [3.05, 3.63) is 29.3 Å². The first kappa shape index (κ1) is 14.9. The summed E-state index contributed by atoms with van der Waals surface area (Å²) >= 11 is 0. The van der Waals surface area contributed by atoms with Crippen molar-refractivity contribution in [3.8, 4) is 11.8 Å². The zero-order valence-electron chi connectivity index (χ0n) is 11.5. The van der Waals surface area contributed by atoms with Crippen LogP contribution in [0.2, 0.25) is 0 Å². The molecule has 0 spiro atoms. The van der Waals surface area contributed by atoms with Crippen LogP contribution in [0.5, 0.6) is 0 Å². The smallest absolute Gasteiger partial charge is 0.301 e. The molecule has 0 aliphatic carbocycles. The fraction of sp³-hybridized carbons (Fsp3) is 0.429. The lowest BCUT2D eigenvalue weighted by Crippen LogP contribution is -2.33. The van der Waals surface area contributed by atoms with Crippen LogP contribution in [0, 0.1) is 18.8 Å². The Labute approximate surface area is 120 Å². The van der Waals surface area contributed by atoms with Gasteiger partial charge in [0, 0.05) is 18.7 Å². The molecule has 0 bridgehead atoms. The number of benzene rings is 1. The quantitative estimate of drug-likeness (QED) is 0.818. The summed E-state index contributed by atoms with van der Waals surface area (Å²) in [7, 11) is -3.45. The number of hydrogen-bond acceptors (Lipinski definition) is 3. The van der Waals surface area contributed by atoms with E-state index in [2.05, 4.69) is 16.6 Å². The minimum atomic E-state index is -3.45. The molecule has 0 saturated carbocycles. The third-order valence-electron chi connectivity index (χ3n) is 3.21. The third-order valence-corrected chi connectivity index (χ3v) is 4.75. The van der Waals surface area contributed by atoms with Gasteiger partial charge in [0.15, 0.2) is 0 Å². The van der Waals surface area contributed by atoms with Gasteiger partial charge in [0.2, 0.25) is 0 Å². The Hall–Kier alpha value is -1.55. The second-order valence-corrected chi connectivity index (χ2v) is 6.42. The molecule has 2 rings (SSSR count). The van der Waals surface area contributed by atoms with Crippen LogP contribution in [0.3, 0.4) is 0 Å². The summed E-state index contributed by atoms with van der Waals surface area (Å²) in [5.74, 6) is 5.73. The van der Waals surface area contributed by atoms with Gasteiger partial charge in [-0.3, -0.25) is 4.72 Å². The highest BCUT2D eigenvalue weighted by Gasteiger charge is 2.25. The summed E-state index contributed by atoms with van der Waals surface area (Å²) in [6, 6.07) is 5.34. The standard InChI is InChI=1S/C14H19N3O2S/c1-12-6-7-14(11-13(12)5-4-8-15)16-20(18,19)17-9-2-3-10-17/h6-7,11,16H,2-3,8-10,15H2,1H3. The first-order valence-electron chi connectivity index (χ1n) is 6.60. The van der Waals surface area contributed by atoms with Crippen molar-refractivity contribution >= 4 is 15.9 Å². The van der Waals surface area contributed by atoms with Crippen LogP contribution < -0.4 is 10.5 Å². The summed E-state index contributed by atoms with van der Waals surface area (Å²) in [5.41, 5.74) is 7.67. The van der Waals surface area contributed by atoms with E-state index in [9.17, 15) is 8.42 Å². The van der Waals surface area contributed by atoms with Crippen molar-refractivity contribution in [2.75, 3.05) is 24.4 Å². The first-order valence-corrected chi connectivity index (χ1v) is 8.04. The molecular weight excluding hydrogens is 274 g/mol. The number of anilines is 1. The molecule has 1 aliphatic rings. The van der Waals surface area contributed by atoms with Gasteiger partial charge in [-0.1, -0.05) is 17.9 Å². The average Bonchev–Trinajstić information content (AvgIpc) is 2.94. The van der Waals surface area contributed by atoms with E-state index >= 15 is 0 Å². The Kier molecular flexibility index (Phi) is 4.65. The highest BCUT2D eigenvalue weighted by atomic mass is 32.2. The van der Waals surface area contributed by atoms with E-state index in [4.69, 9.17) is 5.73 Å². The Bertz CT molecular complexity index is 638. The van der Waals surface area contributed by atoms with E-state index in [1.807, 2.05) is 13.0 Å². The van der Waals surface area contributed by atoms with Crippen molar-refractivity contribution in [3.63, 3.8) is 0 Å². The lowest BCUT2D eigenvalue weighted by Gasteiger charge is -2.17. The zero-order valence-corrected chi connectivity index (χ0v) is 12.3. The molecule has 1 heterocycles. The van der Waals surface area contributed by atoms with Crippen LogP contribution in [-0.2, 0) is 10.2 Å². The topological polar surface area (TPSA) is 75.4 Å². The van der Waals surface area contributed by atoms with Crippen molar-refractivity contribution in [1.29, 1.82) is 0 Å². The maximum atomic E-state index is 12.2. The molecule has 6 heteroatoms. The Morgan fingerprint density at radius 1 is 1.35 bits per heavy atom. The average molecular weight is 293 g/mol. The predicted molar refractivity (Wildman–Crippen MR) is 80.5 cm³/mol. The van der Waals surface area contributed by atoms with Gasteiger partial charge < -0.3 is 5.73 Å². The molecule has 108 valence electrons. The van der Waals surface area contributed by atoms with E-state index in [0.29, 0.717) is 18.8 Å². The lowest BCUT2D eigenvalue weighted by atomic mass is 10.1. The van der Waals surface area contributed by atoms with E-state index in [0.717, 1.165) is 24.0 Å². The monoisotopic (exact) mass is 293 g/mol. The van der Waals surface area contributed by atoms with Crippen LogP contribution in [-0.4, -0.2) is 32.4 Å². The highest BCUT2D eigenvalue weighted by molar-refractivity contribution is 7.90. The molecule has 0 radical (unpaired) electrons. The summed E-state index contributed by atoms with van der Waals surface area (Å²) in [6.07, 6.45) is 1.84. The predicted octanol–water partition coefficient (Wildman–Crippen LogP) is 1.06. The van der Waals surface area contributed by atoms with Gasteiger partial charge in [-0.2, -0.15) is 12.7 Å². The van der Waals surface area contributed by atoms with Crippen LogP contribution >= 0.6 is 0 Å². The van der Waals surface area contributed by atoms with Crippen molar-refractivity contribution in [2.45, 2.75) is 19.8 Å². The number of rotatable bonds is 3. The van der Waals surface area contributed by atoms with Crippen LogP contribution in [0.15, 0.2) is 18.2 Å². The molecule has 1 aromatic carbocycles. The van der Waals surface area contributed by atoms with Gasteiger partial charge in [-0.05, 0) is 37.5 Å². The van der Waals surface area contributed by atoms with Crippen molar-refractivity contribution in [2.24, 2.45) is 5.73 Å². The molecule has 1 aromatic rings. The van der Waals surface area contributed by atoms with Crippen LogP contribution in [0.25, 0.3) is 0 Å². The summed E-state index contributed by atoms with van der Waals surface area (Å²) < 4.78 is 28.4. The lowest BCUT2D eigenvalue weighted by molar-refractivity contribution is 0.482. The SMILES string of the molecule is Cc1ccc(NS(=O)(=O)N2CCCC2)cc1C#CCN. The number of aryl methyl sites for hydroxylation is 1. The maximum absolute atomic E-state index is 12.2. The molecule has 20 heavy (non-hydrogen) atoms. The van der Waals surface area contributed by atoms with Crippen molar-refractivity contribution in [1.82, 2.24) is 4.31 Å². The van der Waals surface area contributed by atoms with Gasteiger partial charge in [0.05, 0.1) is 12.2 Å². The van der Waals surface area contributed by atoms with Gasteiger partial charge in [0.1, 0.15) is 0 Å². The van der Waals surface area contributed by atoms with E-state index in [-0.39, 0.29) is 6.54 Å². The van der Waals surface area contributed by atoms with Gasteiger partial charge >= 0.3 is 10.2 Å². The normalized spacial score (nSPS) is 15.7. The Morgan fingerprint density at radius 2 is 2.05 bits per heavy atom. The van der Waals surface area contributed by atoms with Crippen LogP contribution in [0.4, 0.5) is 5.69 Å². The van der Waals surface area contributed by atoms with Gasteiger partial charge in [-0.25, -0.2) is 0 Å². The zero-order chi connectivity index (χ0) is 14.6. The van der Waals surface area contributed by atoms with E-state index < -0.39 is 10.2 Å². The molecule has 3 N–H and O–H groups in total. The minimum absolute atomic E-state index is 0.281. The van der Waals surface area contributed by atoms with Gasteiger partial charge in [0.25, 0.3) is 0 Å². The Morgan fingerprint density at radius 3 is 2.70 bits per heavy atom. The van der Waals surface area contributed by atoms with E-state index in [1.54, 1.807) is 12.1 Å². The summed E-state index contributed by atoms with van der Waals surface area (Å²) in [5, 5.41) is 0. The molecular formula is C14H19N3O2S. The van der Waals surface area contributed by atoms with Gasteiger partial charge in [-0.15, -0.1) is 0 Å². The minimum Gasteiger partial charge on any atom is -0.320 e. The second-order valence-electron chi connectivity index (χ2n) is 4.75. The van der Waals surface area contributed by atoms with Crippen molar-refractivity contribution < 1.29 is 8.42 Å². The summed E-state index contributed by atoms with van der Waals surface area (Å²) in [6.45, 7) is 3.38. The molecule has 1 fully saturated rings. The molecule has 1 aliphatic heterocycles. The molecule has 0 atom stereocenters. The molecule has 0 amide bonds. The second kappa shape index (κ2) is 6.27. The third kappa shape index (κ3) is 3.51. The molecule has 5 nitrogen and oxygen atoms in total. The number of nitrogens with one attached hydrogen (secondary N) is 1. The molecule has 0 unspecified atom stereocenters. The summed E-state index contributed by atoms with van der Waals surface area (Å²) in [4.78, 5) is 0. The number of nitrogens with zero attached hydrogens (tertiary/aromatic N) is 1. The largest absolute Gasteiger partial charge is 0.320 e. The fourth-order valence-electron chi connectivity index (χ4n) is 2.11. The fourth-order valence-corrected chi connectivity index (χ4v) is 3.40. The highest BCUT2D eigenvalue weighted by Crippen LogP contribution is 2.19. The number of nitrogens with two attached hydrogens (primary N) is 1. The first-order chi connectivity index (χ1) is 9.53. The van der Waals surface area contributed by atoms with Crippen LogP contribution in [0.1, 0.15) is 24.0 Å². The van der Waals surface area contributed by atoms with E-state index in [1.165, 1.54) is 4.31 Å². The number of hydrogen-bond donors (Lipinski definition) is 2. The maximum Gasteiger partial charge on any atom is 0.301 e. The molecule has 1 saturated heterocycles.